The van der Waals surface area contributed by atoms with Crippen LogP contribution in [0.1, 0.15) is 36.5 Å². The van der Waals surface area contributed by atoms with E-state index in [-0.39, 0.29) is 17.8 Å². The summed E-state index contributed by atoms with van der Waals surface area (Å²) in [7, 11) is 0. The van der Waals surface area contributed by atoms with Crippen molar-refractivity contribution in [2.45, 2.75) is 38.5 Å². The lowest BCUT2D eigenvalue weighted by Gasteiger charge is -2.20. The second kappa shape index (κ2) is 6.19. The Kier molecular flexibility index (Phi) is 5.08. The zero-order valence-electron chi connectivity index (χ0n) is 10.6. The first-order valence-corrected chi connectivity index (χ1v) is 5.94. The number of hydrogen-bond acceptors (Lipinski definition) is 2. The standard InChI is InChI=1S/C13H13F5O2/c1-2-3-7-11(19)9-5-4-6-10(8-9)20-13(17,18)12(14,15)16/h4-6,8H,2-3,7H2,1H3. The van der Waals surface area contributed by atoms with Gasteiger partial charge in [0.05, 0.1) is 0 Å². The average molecular weight is 296 g/mol. The first kappa shape index (κ1) is 16.4. The summed E-state index contributed by atoms with van der Waals surface area (Å²) in [6.45, 7) is 1.87. The zero-order valence-corrected chi connectivity index (χ0v) is 10.6. The molecular formula is C13H13F5O2. The van der Waals surface area contributed by atoms with Crippen LogP contribution in [0.2, 0.25) is 0 Å². The van der Waals surface area contributed by atoms with Crippen LogP contribution in [0.15, 0.2) is 24.3 Å². The molecule has 0 spiro atoms. The van der Waals surface area contributed by atoms with Gasteiger partial charge in [0.1, 0.15) is 5.75 Å². The minimum Gasteiger partial charge on any atom is -0.426 e. The van der Waals surface area contributed by atoms with Gasteiger partial charge in [-0.25, -0.2) is 0 Å². The van der Waals surface area contributed by atoms with Crippen molar-refractivity contribution in [1.82, 2.24) is 0 Å². The summed E-state index contributed by atoms with van der Waals surface area (Å²) in [5.74, 6) is -1.03. The van der Waals surface area contributed by atoms with Crippen LogP contribution in [-0.4, -0.2) is 18.1 Å². The molecule has 2 nitrogen and oxygen atoms in total. The molecule has 0 aliphatic carbocycles. The van der Waals surface area contributed by atoms with E-state index in [9.17, 15) is 26.7 Å². The third-order valence-corrected chi connectivity index (χ3v) is 2.49. The van der Waals surface area contributed by atoms with Crippen molar-refractivity contribution in [2.24, 2.45) is 0 Å². The Morgan fingerprint density at radius 3 is 2.40 bits per heavy atom. The Morgan fingerprint density at radius 2 is 1.85 bits per heavy atom. The lowest BCUT2D eigenvalue weighted by Crippen LogP contribution is -2.41. The Morgan fingerprint density at radius 1 is 1.20 bits per heavy atom. The van der Waals surface area contributed by atoms with Gasteiger partial charge in [-0.3, -0.25) is 4.79 Å². The predicted octanol–water partition coefficient (Wildman–Crippen LogP) is 4.59. The molecule has 0 radical (unpaired) electrons. The molecule has 0 aliphatic heterocycles. The molecule has 20 heavy (non-hydrogen) atoms. The molecule has 0 atom stereocenters. The van der Waals surface area contributed by atoms with Crippen LogP contribution in [0.4, 0.5) is 22.0 Å². The van der Waals surface area contributed by atoms with Crippen molar-refractivity contribution < 1.29 is 31.5 Å². The van der Waals surface area contributed by atoms with E-state index < -0.39 is 18.0 Å². The highest BCUT2D eigenvalue weighted by Crippen LogP contribution is 2.37. The average Bonchev–Trinajstić information content (AvgIpc) is 2.34. The van der Waals surface area contributed by atoms with Crippen LogP contribution in [-0.2, 0) is 0 Å². The van der Waals surface area contributed by atoms with E-state index in [1.165, 1.54) is 12.1 Å². The lowest BCUT2D eigenvalue weighted by atomic mass is 10.1. The van der Waals surface area contributed by atoms with Crippen LogP contribution < -0.4 is 4.74 Å². The van der Waals surface area contributed by atoms with E-state index in [0.29, 0.717) is 6.42 Å². The highest BCUT2D eigenvalue weighted by atomic mass is 19.4. The van der Waals surface area contributed by atoms with Gasteiger partial charge in [-0.1, -0.05) is 25.5 Å². The molecule has 0 unspecified atom stereocenters. The number of carbonyl (C=O) groups excluding carboxylic acids is 1. The van der Waals surface area contributed by atoms with E-state index in [2.05, 4.69) is 4.74 Å². The zero-order chi connectivity index (χ0) is 15.4. The van der Waals surface area contributed by atoms with Gasteiger partial charge in [-0.15, -0.1) is 0 Å². The van der Waals surface area contributed by atoms with Crippen LogP contribution in [0.5, 0.6) is 5.75 Å². The van der Waals surface area contributed by atoms with Crippen LogP contribution in [0, 0.1) is 0 Å². The molecule has 0 aromatic heterocycles. The first-order chi connectivity index (χ1) is 9.17. The number of benzene rings is 1. The second-order valence-corrected chi connectivity index (χ2v) is 4.17. The number of hydrogen-bond donors (Lipinski definition) is 0. The number of carbonyl (C=O) groups is 1. The van der Waals surface area contributed by atoms with Crippen molar-refractivity contribution in [3.8, 4) is 5.75 Å². The molecule has 0 saturated heterocycles. The molecule has 7 heteroatoms. The monoisotopic (exact) mass is 296 g/mol. The summed E-state index contributed by atoms with van der Waals surface area (Å²) in [4.78, 5) is 11.7. The predicted molar refractivity (Wildman–Crippen MR) is 61.9 cm³/mol. The lowest BCUT2D eigenvalue weighted by molar-refractivity contribution is -0.360. The maximum absolute atomic E-state index is 12.7. The largest absolute Gasteiger partial charge is 0.499 e. The fourth-order valence-corrected chi connectivity index (χ4v) is 1.42. The molecule has 1 rings (SSSR count). The topological polar surface area (TPSA) is 26.3 Å². The second-order valence-electron chi connectivity index (χ2n) is 4.17. The van der Waals surface area contributed by atoms with Gasteiger partial charge < -0.3 is 4.74 Å². The molecule has 0 saturated carbocycles. The molecule has 0 amide bonds. The molecule has 0 bridgehead atoms. The maximum atomic E-state index is 12.7. The number of unbranched alkanes of at least 4 members (excludes halogenated alkanes) is 1. The fraction of sp³-hybridized carbons (Fsp3) is 0.462. The highest BCUT2D eigenvalue weighted by Gasteiger charge is 2.61. The molecule has 0 heterocycles. The third-order valence-electron chi connectivity index (χ3n) is 2.49. The molecule has 1 aromatic carbocycles. The minimum atomic E-state index is -5.81. The Bertz CT molecular complexity index is 468. The molecular weight excluding hydrogens is 283 g/mol. The number of halogens is 5. The van der Waals surface area contributed by atoms with Gasteiger partial charge >= 0.3 is 12.3 Å². The van der Waals surface area contributed by atoms with Crippen molar-refractivity contribution in [1.29, 1.82) is 0 Å². The van der Waals surface area contributed by atoms with Crippen molar-refractivity contribution >= 4 is 5.78 Å². The van der Waals surface area contributed by atoms with Crippen LogP contribution in [0.3, 0.4) is 0 Å². The van der Waals surface area contributed by atoms with E-state index in [1.807, 2.05) is 6.92 Å². The van der Waals surface area contributed by atoms with Gasteiger partial charge in [0.25, 0.3) is 0 Å². The SMILES string of the molecule is CCCCC(=O)c1cccc(OC(F)(F)C(F)(F)F)c1. The number of Topliss-reactive ketones (excluding diaryl/α,β-unsaturated/α-hetero) is 1. The van der Waals surface area contributed by atoms with E-state index in [4.69, 9.17) is 0 Å². The number of alkyl halides is 5. The van der Waals surface area contributed by atoms with Gasteiger partial charge in [0.15, 0.2) is 5.78 Å². The van der Waals surface area contributed by atoms with E-state index >= 15 is 0 Å². The van der Waals surface area contributed by atoms with Gasteiger partial charge in [-0.2, -0.15) is 22.0 Å². The molecule has 1 aromatic rings. The van der Waals surface area contributed by atoms with Crippen LogP contribution in [0.25, 0.3) is 0 Å². The van der Waals surface area contributed by atoms with Gasteiger partial charge in [0, 0.05) is 12.0 Å². The smallest absolute Gasteiger partial charge is 0.426 e. The molecule has 0 fully saturated rings. The maximum Gasteiger partial charge on any atom is 0.499 e. The molecule has 0 N–H and O–H groups in total. The fourth-order valence-electron chi connectivity index (χ4n) is 1.42. The van der Waals surface area contributed by atoms with Crippen molar-refractivity contribution in [2.75, 3.05) is 0 Å². The van der Waals surface area contributed by atoms with Crippen molar-refractivity contribution in [3.63, 3.8) is 0 Å². The summed E-state index contributed by atoms with van der Waals surface area (Å²) < 4.78 is 65.1. The summed E-state index contributed by atoms with van der Waals surface area (Å²) in [6, 6.07) is 4.37. The normalized spacial score (nSPS) is 12.3. The number of ketones is 1. The summed E-state index contributed by atoms with van der Waals surface area (Å²) >= 11 is 0. The Hall–Kier alpha value is -1.66. The first-order valence-electron chi connectivity index (χ1n) is 5.94. The van der Waals surface area contributed by atoms with Crippen molar-refractivity contribution in [3.05, 3.63) is 29.8 Å². The summed E-state index contributed by atoms with van der Waals surface area (Å²) in [5, 5.41) is 0. The highest BCUT2D eigenvalue weighted by molar-refractivity contribution is 5.96. The molecule has 112 valence electrons. The summed E-state index contributed by atoms with van der Waals surface area (Å²) in [5.41, 5.74) is 0.0499. The van der Waals surface area contributed by atoms with E-state index in [0.717, 1.165) is 18.6 Å². The van der Waals surface area contributed by atoms with Gasteiger partial charge in [0.2, 0.25) is 0 Å². The van der Waals surface area contributed by atoms with E-state index in [1.54, 1.807) is 0 Å². The Balaban J connectivity index is 2.86. The van der Waals surface area contributed by atoms with Gasteiger partial charge in [-0.05, 0) is 18.6 Å². The molecule has 0 aliphatic rings. The summed E-state index contributed by atoms with van der Waals surface area (Å²) in [6.07, 6.45) is -9.51. The minimum absolute atomic E-state index is 0.0499. The quantitative estimate of drug-likeness (QED) is 0.567. The number of rotatable bonds is 6. The Labute approximate surface area is 112 Å². The number of ether oxygens (including phenoxy) is 1. The van der Waals surface area contributed by atoms with Crippen LogP contribution >= 0.6 is 0 Å². The third kappa shape index (κ3) is 4.18.